The Balaban J connectivity index is 1.60. The molecule has 3 aromatic rings. The third-order valence-electron chi connectivity index (χ3n) is 4.96. The van der Waals surface area contributed by atoms with E-state index in [-0.39, 0.29) is 10.5 Å². The van der Waals surface area contributed by atoms with E-state index in [0.29, 0.717) is 24.4 Å². The van der Waals surface area contributed by atoms with Crippen molar-refractivity contribution < 1.29 is 8.42 Å². The molecule has 4 rings (SSSR count). The Bertz CT molecular complexity index is 1110. The van der Waals surface area contributed by atoms with E-state index in [1.165, 1.54) is 14.9 Å². The van der Waals surface area contributed by atoms with Crippen molar-refractivity contribution in [3.8, 4) is 11.3 Å². The molecule has 1 fully saturated rings. The van der Waals surface area contributed by atoms with Crippen molar-refractivity contribution in [2.24, 2.45) is 0 Å². The van der Waals surface area contributed by atoms with Gasteiger partial charge in [-0.1, -0.05) is 19.1 Å². The van der Waals surface area contributed by atoms with E-state index in [9.17, 15) is 13.2 Å². The van der Waals surface area contributed by atoms with Gasteiger partial charge in [-0.3, -0.25) is 4.79 Å². The first-order valence-electron chi connectivity index (χ1n) is 8.89. The molecule has 27 heavy (non-hydrogen) atoms. The minimum Gasteiger partial charge on any atom is -0.339 e. The Kier molecular flexibility index (Phi) is 4.58. The average molecular weight is 387 g/mol. The van der Waals surface area contributed by atoms with Gasteiger partial charge < -0.3 is 9.88 Å². The molecule has 142 valence electrons. The Morgan fingerprint density at radius 3 is 2.44 bits per heavy atom. The number of aromatic nitrogens is 3. The highest BCUT2D eigenvalue weighted by atomic mass is 32.2. The van der Waals surface area contributed by atoms with Crippen LogP contribution < -0.4 is 5.56 Å². The standard InChI is InChI=1S/C18H21N5O3S/c1-2-21-9-11-22(12-10-21)27(25,26)15-5-3-14(4-6-15)16-13-18(24)23-17(20-16)7-8-19-23/h3-8,13,20H,2,9-12H2,1H3. The van der Waals surface area contributed by atoms with E-state index in [1.807, 2.05) is 0 Å². The molecule has 2 aromatic heterocycles. The van der Waals surface area contributed by atoms with Crippen LogP contribution in [0, 0.1) is 0 Å². The molecule has 0 aliphatic carbocycles. The first kappa shape index (κ1) is 17.9. The number of likely N-dealkylation sites (N-methyl/N-ethyl adjacent to an activating group) is 1. The Morgan fingerprint density at radius 1 is 1.07 bits per heavy atom. The van der Waals surface area contributed by atoms with Gasteiger partial charge in [0.05, 0.1) is 16.8 Å². The van der Waals surface area contributed by atoms with Crippen molar-refractivity contribution in [2.45, 2.75) is 11.8 Å². The van der Waals surface area contributed by atoms with E-state index in [0.717, 1.165) is 25.2 Å². The predicted octanol–water partition coefficient (Wildman–Crippen LogP) is 1.02. The third kappa shape index (κ3) is 3.29. The van der Waals surface area contributed by atoms with Crippen LogP contribution in [0.25, 0.3) is 16.9 Å². The van der Waals surface area contributed by atoms with Crippen LogP contribution in [0.3, 0.4) is 0 Å². The lowest BCUT2D eigenvalue weighted by Crippen LogP contribution is -2.48. The van der Waals surface area contributed by atoms with Gasteiger partial charge in [0.1, 0.15) is 5.65 Å². The maximum absolute atomic E-state index is 12.9. The normalized spacial score (nSPS) is 16.8. The summed E-state index contributed by atoms with van der Waals surface area (Å²) in [7, 11) is -3.51. The summed E-state index contributed by atoms with van der Waals surface area (Å²) in [4.78, 5) is 17.7. The molecule has 1 N–H and O–H groups in total. The zero-order chi connectivity index (χ0) is 19.0. The second-order valence-corrected chi connectivity index (χ2v) is 8.45. The largest absolute Gasteiger partial charge is 0.339 e. The predicted molar refractivity (Wildman–Crippen MR) is 102 cm³/mol. The summed E-state index contributed by atoms with van der Waals surface area (Å²) in [6.45, 7) is 5.52. The molecule has 0 spiro atoms. The Labute approximate surface area is 157 Å². The lowest BCUT2D eigenvalue weighted by molar-refractivity contribution is 0.196. The zero-order valence-electron chi connectivity index (χ0n) is 15.0. The maximum Gasteiger partial charge on any atom is 0.274 e. The van der Waals surface area contributed by atoms with Crippen LogP contribution in [-0.4, -0.2) is 64.9 Å². The number of H-pyrrole nitrogens is 1. The second-order valence-electron chi connectivity index (χ2n) is 6.51. The summed E-state index contributed by atoms with van der Waals surface area (Å²) < 4.78 is 28.5. The molecule has 9 heteroatoms. The molecule has 8 nitrogen and oxygen atoms in total. The third-order valence-corrected chi connectivity index (χ3v) is 6.88. The molecule has 0 atom stereocenters. The molecule has 0 radical (unpaired) electrons. The van der Waals surface area contributed by atoms with Crippen molar-refractivity contribution in [3.05, 3.63) is 52.9 Å². The lowest BCUT2D eigenvalue weighted by atomic mass is 10.1. The minimum absolute atomic E-state index is 0.241. The molecule has 1 aromatic carbocycles. The molecule has 3 heterocycles. The van der Waals surface area contributed by atoms with E-state index >= 15 is 0 Å². The number of benzene rings is 1. The minimum atomic E-state index is -3.51. The van der Waals surface area contributed by atoms with E-state index < -0.39 is 10.0 Å². The van der Waals surface area contributed by atoms with Crippen LogP contribution in [0.2, 0.25) is 0 Å². The Morgan fingerprint density at radius 2 is 1.78 bits per heavy atom. The molecule has 0 amide bonds. The number of hydrogen-bond donors (Lipinski definition) is 1. The summed E-state index contributed by atoms with van der Waals surface area (Å²) in [6, 6.07) is 9.78. The quantitative estimate of drug-likeness (QED) is 0.722. The summed E-state index contributed by atoms with van der Waals surface area (Å²) in [5.41, 5.74) is 1.70. The topological polar surface area (TPSA) is 90.8 Å². The summed E-state index contributed by atoms with van der Waals surface area (Å²) in [5.74, 6) is 0. The van der Waals surface area contributed by atoms with E-state index in [1.54, 1.807) is 36.5 Å². The number of hydrogen-bond acceptors (Lipinski definition) is 5. The number of nitrogens with one attached hydrogen (secondary N) is 1. The van der Waals surface area contributed by atoms with Crippen LogP contribution in [0.4, 0.5) is 0 Å². The molecule has 1 aliphatic heterocycles. The van der Waals surface area contributed by atoms with Crippen molar-refractivity contribution in [2.75, 3.05) is 32.7 Å². The van der Waals surface area contributed by atoms with Crippen LogP contribution >= 0.6 is 0 Å². The number of piperazine rings is 1. The van der Waals surface area contributed by atoms with Gasteiger partial charge in [-0.15, -0.1) is 0 Å². The highest BCUT2D eigenvalue weighted by Gasteiger charge is 2.27. The van der Waals surface area contributed by atoms with Crippen molar-refractivity contribution in [1.82, 2.24) is 23.8 Å². The average Bonchev–Trinajstić information content (AvgIpc) is 3.17. The van der Waals surface area contributed by atoms with Gasteiger partial charge in [0.15, 0.2) is 0 Å². The van der Waals surface area contributed by atoms with Crippen LogP contribution in [0.5, 0.6) is 0 Å². The number of rotatable bonds is 4. The fraction of sp³-hybridized carbons (Fsp3) is 0.333. The summed E-state index contributed by atoms with van der Waals surface area (Å²) >= 11 is 0. The molecular formula is C18H21N5O3S. The highest BCUT2D eigenvalue weighted by molar-refractivity contribution is 7.89. The molecular weight excluding hydrogens is 366 g/mol. The van der Waals surface area contributed by atoms with Crippen LogP contribution in [0.15, 0.2) is 52.3 Å². The van der Waals surface area contributed by atoms with Gasteiger partial charge >= 0.3 is 0 Å². The van der Waals surface area contributed by atoms with Gasteiger partial charge in [-0.25, -0.2) is 8.42 Å². The van der Waals surface area contributed by atoms with Gasteiger partial charge in [-0.05, 0) is 24.2 Å². The monoisotopic (exact) mass is 387 g/mol. The number of fused-ring (bicyclic) bond motifs is 1. The molecule has 0 unspecified atom stereocenters. The van der Waals surface area contributed by atoms with Crippen LogP contribution in [-0.2, 0) is 10.0 Å². The Hall–Kier alpha value is -2.49. The zero-order valence-corrected chi connectivity index (χ0v) is 15.8. The van der Waals surface area contributed by atoms with Gasteiger partial charge in [0.2, 0.25) is 10.0 Å². The first-order chi connectivity index (χ1) is 13.0. The number of nitrogens with zero attached hydrogens (tertiary/aromatic N) is 4. The number of sulfonamides is 1. The molecule has 0 bridgehead atoms. The molecule has 1 aliphatic rings. The smallest absolute Gasteiger partial charge is 0.274 e. The SMILES string of the molecule is CCN1CCN(S(=O)(=O)c2ccc(-c3cc(=O)n4nccc4[nH]3)cc2)CC1. The number of aromatic amines is 1. The summed E-state index contributed by atoms with van der Waals surface area (Å²) in [5, 5.41) is 3.95. The summed E-state index contributed by atoms with van der Waals surface area (Å²) in [6.07, 6.45) is 1.55. The molecule has 1 saturated heterocycles. The van der Waals surface area contributed by atoms with Gasteiger partial charge in [0.25, 0.3) is 5.56 Å². The maximum atomic E-state index is 12.9. The van der Waals surface area contributed by atoms with Crippen molar-refractivity contribution >= 4 is 15.7 Å². The fourth-order valence-corrected chi connectivity index (χ4v) is 4.75. The van der Waals surface area contributed by atoms with Crippen LogP contribution in [0.1, 0.15) is 6.92 Å². The highest BCUT2D eigenvalue weighted by Crippen LogP contribution is 2.22. The van der Waals surface area contributed by atoms with E-state index in [4.69, 9.17) is 0 Å². The first-order valence-corrected chi connectivity index (χ1v) is 10.3. The van der Waals surface area contributed by atoms with Gasteiger partial charge in [-0.2, -0.15) is 13.9 Å². The van der Waals surface area contributed by atoms with Crippen molar-refractivity contribution in [3.63, 3.8) is 0 Å². The van der Waals surface area contributed by atoms with Gasteiger partial charge in [0, 0.05) is 38.3 Å². The molecule has 0 saturated carbocycles. The van der Waals surface area contributed by atoms with Crippen molar-refractivity contribution in [1.29, 1.82) is 0 Å². The lowest BCUT2D eigenvalue weighted by Gasteiger charge is -2.33. The fourth-order valence-electron chi connectivity index (χ4n) is 3.33. The second kappa shape index (κ2) is 6.91. The van der Waals surface area contributed by atoms with E-state index in [2.05, 4.69) is 21.9 Å².